The van der Waals surface area contributed by atoms with Gasteiger partial charge in [0.2, 0.25) is 0 Å². The van der Waals surface area contributed by atoms with Gasteiger partial charge >= 0.3 is 0 Å². The van der Waals surface area contributed by atoms with Crippen molar-refractivity contribution in [3.05, 3.63) is 34.4 Å². The third kappa shape index (κ3) is 4.22. The van der Waals surface area contributed by atoms with Crippen molar-refractivity contribution in [2.75, 3.05) is 7.05 Å². The van der Waals surface area contributed by atoms with Gasteiger partial charge in [-0.15, -0.1) is 0 Å². The number of phenols is 1. The van der Waals surface area contributed by atoms with Crippen LogP contribution in [0.15, 0.2) is 22.7 Å². The Bertz CT molecular complexity index is 655. The Morgan fingerprint density at radius 1 is 1.09 bits per heavy atom. The van der Waals surface area contributed by atoms with Crippen LogP contribution < -0.4 is 0 Å². The molecule has 0 unspecified atom stereocenters. The summed E-state index contributed by atoms with van der Waals surface area (Å²) in [6, 6.07) is 6.17. The number of hydrogen-bond acceptors (Lipinski definition) is 3. The molecule has 124 valence electrons. The van der Waals surface area contributed by atoms with E-state index in [-0.39, 0.29) is 10.8 Å². The van der Waals surface area contributed by atoms with Crippen LogP contribution >= 0.6 is 0 Å². The van der Waals surface area contributed by atoms with Crippen LogP contribution in [0.1, 0.15) is 65.2 Å². The monoisotopic (exact) mass is 312 g/mol. The molecule has 1 rings (SSSR count). The van der Waals surface area contributed by atoms with E-state index in [1.165, 1.54) is 0 Å². The molecule has 1 aromatic rings. The maximum absolute atomic E-state index is 10.8. The molecule has 0 saturated carbocycles. The smallest absolute Gasteiger partial charge is 0.123 e. The number of aromatic hydroxyl groups is 1. The molecule has 0 atom stereocenters. The number of nitrogens with zero attached hydrogens (tertiary/aromatic N) is 2. The van der Waals surface area contributed by atoms with E-state index in [1.807, 2.05) is 19.1 Å². The lowest BCUT2D eigenvalue weighted by molar-refractivity contribution is 0.423. The van der Waals surface area contributed by atoms with Gasteiger partial charge in [-0.25, -0.2) is 0 Å². The SMILES string of the molecule is CN=C/C(C#N)=C(/C)c1cc(C(C)(C)C)c(O)c(C(C)(C)C)c1. The number of benzene rings is 1. The molecule has 0 amide bonds. The summed E-state index contributed by atoms with van der Waals surface area (Å²) in [6.07, 6.45) is 1.58. The maximum Gasteiger partial charge on any atom is 0.123 e. The van der Waals surface area contributed by atoms with Gasteiger partial charge in [0.1, 0.15) is 11.8 Å². The van der Waals surface area contributed by atoms with Crippen LogP contribution in [0.3, 0.4) is 0 Å². The number of aliphatic imine (C=N–C) groups is 1. The zero-order chi connectivity index (χ0) is 18.0. The van der Waals surface area contributed by atoms with Gasteiger partial charge in [-0.05, 0) is 41.0 Å². The van der Waals surface area contributed by atoms with Gasteiger partial charge in [0.05, 0.1) is 5.57 Å². The molecule has 0 spiro atoms. The summed E-state index contributed by atoms with van der Waals surface area (Å²) in [5.41, 5.74) is 3.77. The molecule has 0 aliphatic heterocycles. The zero-order valence-electron chi connectivity index (χ0n) is 15.6. The van der Waals surface area contributed by atoms with Crippen molar-refractivity contribution in [3.63, 3.8) is 0 Å². The summed E-state index contributed by atoms with van der Waals surface area (Å²) in [5, 5.41) is 20.1. The summed E-state index contributed by atoms with van der Waals surface area (Å²) in [6.45, 7) is 14.4. The van der Waals surface area contributed by atoms with Crippen LogP contribution in [-0.2, 0) is 10.8 Å². The summed E-state index contributed by atoms with van der Waals surface area (Å²) >= 11 is 0. The van der Waals surface area contributed by atoms with Crippen LogP contribution in [0.4, 0.5) is 0 Å². The van der Waals surface area contributed by atoms with Crippen LogP contribution in [0, 0.1) is 11.3 Å². The maximum atomic E-state index is 10.8. The fourth-order valence-electron chi connectivity index (χ4n) is 2.49. The number of allylic oxidation sites excluding steroid dienone is 2. The van der Waals surface area contributed by atoms with E-state index in [0.717, 1.165) is 22.3 Å². The highest BCUT2D eigenvalue weighted by molar-refractivity contribution is 5.95. The molecular weight excluding hydrogens is 284 g/mol. The molecule has 0 aromatic heterocycles. The average molecular weight is 312 g/mol. The van der Waals surface area contributed by atoms with Gasteiger partial charge in [-0.3, -0.25) is 4.99 Å². The average Bonchev–Trinajstić information content (AvgIpc) is 2.41. The minimum absolute atomic E-state index is 0.188. The molecule has 0 heterocycles. The second kappa shape index (κ2) is 6.58. The highest BCUT2D eigenvalue weighted by atomic mass is 16.3. The van der Waals surface area contributed by atoms with E-state index >= 15 is 0 Å². The topological polar surface area (TPSA) is 56.4 Å². The lowest BCUT2D eigenvalue weighted by Gasteiger charge is -2.28. The van der Waals surface area contributed by atoms with Crippen molar-refractivity contribution in [1.29, 1.82) is 5.26 Å². The normalized spacial score (nSPS) is 13.9. The standard InChI is InChI=1S/C20H28N2O/c1-13(15(11-21)12-22-8)14-9-16(19(2,3)4)18(23)17(10-14)20(5,6)7/h9-10,12,23H,1-8H3/b15-13-,22-12?. The summed E-state index contributed by atoms with van der Waals surface area (Å²) in [5.74, 6) is 0.351. The molecule has 0 fully saturated rings. The zero-order valence-corrected chi connectivity index (χ0v) is 15.6. The fourth-order valence-corrected chi connectivity index (χ4v) is 2.49. The first-order chi connectivity index (χ1) is 10.4. The lowest BCUT2D eigenvalue weighted by atomic mass is 9.77. The van der Waals surface area contributed by atoms with Gasteiger partial charge in [0.15, 0.2) is 0 Å². The summed E-state index contributed by atoms with van der Waals surface area (Å²) in [7, 11) is 1.66. The third-order valence-corrected chi connectivity index (χ3v) is 3.94. The van der Waals surface area contributed by atoms with Gasteiger partial charge < -0.3 is 5.11 Å². The second-order valence-electron chi connectivity index (χ2n) is 7.96. The van der Waals surface area contributed by atoms with Gasteiger partial charge in [-0.1, -0.05) is 41.5 Å². The van der Waals surface area contributed by atoms with Gasteiger partial charge in [0.25, 0.3) is 0 Å². The summed E-state index contributed by atoms with van der Waals surface area (Å²) < 4.78 is 0. The van der Waals surface area contributed by atoms with Crippen molar-refractivity contribution in [2.45, 2.75) is 59.3 Å². The molecular formula is C20H28N2O. The lowest BCUT2D eigenvalue weighted by Crippen LogP contribution is -2.17. The molecule has 3 heteroatoms. The third-order valence-electron chi connectivity index (χ3n) is 3.94. The fraction of sp³-hybridized carbons (Fsp3) is 0.500. The van der Waals surface area contributed by atoms with Crippen molar-refractivity contribution in [3.8, 4) is 11.8 Å². The Kier molecular flexibility index (Phi) is 5.43. The molecule has 1 N–H and O–H groups in total. The van der Waals surface area contributed by atoms with E-state index in [9.17, 15) is 10.4 Å². The quantitative estimate of drug-likeness (QED) is 0.618. The van der Waals surface area contributed by atoms with Crippen LogP contribution in [0.2, 0.25) is 0 Å². The molecule has 0 saturated heterocycles. The Hall–Kier alpha value is -2.08. The Morgan fingerprint density at radius 2 is 1.52 bits per heavy atom. The number of phenolic OH excluding ortho intramolecular Hbond substituents is 1. The van der Waals surface area contributed by atoms with E-state index in [2.05, 4.69) is 52.6 Å². The predicted octanol–water partition coefficient (Wildman–Crippen LogP) is 4.98. The Morgan fingerprint density at radius 3 is 1.83 bits per heavy atom. The van der Waals surface area contributed by atoms with Gasteiger partial charge in [-0.2, -0.15) is 5.26 Å². The summed E-state index contributed by atoms with van der Waals surface area (Å²) in [4.78, 5) is 3.96. The first kappa shape index (κ1) is 19.0. The van der Waals surface area contributed by atoms with E-state index in [1.54, 1.807) is 13.3 Å². The van der Waals surface area contributed by atoms with Crippen molar-refractivity contribution in [1.82, 2.24) is 0 Å². The predicted molar refractivity (Wildman–Crippen MR) is 98.1 cm³/mol. The van der Waals surface area contributed by atoms with Crippen LogP contribution in [0.5, 0.6) is 5.75 Å². The van der Waals surface area contributed by atoms with Crippen LogP contribution in [-0.4, -0.2) is 18.4 Å². The molecule has 0 bridgehead atoms. The number of rotatable bonds is 2. The van der Waals surface area contributed by atoms with Gasteiger partial charge in [0, 0.05) is 24.4 Å². The second-order valence-corrected chi connectivity index (χ2v) is 7.96. The van der Waals surface area contributed by atoms with Crippen molar-refractivity contribution >= 4 is 11.8 Å². The molecule has 1 aromatic carbocycles. The van der Waals surface area contributed by atoms with Crippen molar-refractivity contribution in [2.24, 2.45) is 4.99 Å². The van der Waals surface area contributed by atoms with Crippen molar-refractivity contribution < 1.29 is 5.11 Å². The highest BCUT2D eigenvalue weighted by Gasteiger charge is 2.27. The van der Waals surface area contributed by atoms with E-state index in [4.69, 9.17) is 0 Å². The molecule has 23 heavy (non-hydrogen) atoms. The first-order valence-electron chi connectivity index (χ1n) is 7.85. The van der Waals surface area contributed by atoms with E-state index < -0.39 is 0 Å². The number of nitriles is 1. The molecule has 0 aliphatic carbocycles. The Balaban J connectivity index is 3.81. The first-order valence-corrected chi connectivity index (χ1v) is 7.85. The molecule has 0 radical (unpaired) electrons. The largest absolute Gasteiger partial charge is 0.507 e. The molecule has 0 aliphatic rings. The highest BCUT2D eigenvalue weighted by Crippen LogP contribution is 2.41. The molecule has 3 nitrogen and oxygen atoms in total. The number of hydrogen-bond donors (Lipinski definition) is 1. The Labute approximate surface area is 140 Å². The van der Waals surface area contributed by atoms with Crippen LogP contribution in [0.25, 0.3) is 5.57 Å². The van der Waals surface area contributed by atoms with E-state index in [0.29, 0.717) is 11.3 Å². The minimum Gasteiger partial charge on any atom is -0.507 e. The minimum atomic E-state index is -0.188.